The number of hydrogen-bond acceptors (Lipinski definition) is 5. The van der Waals surface area contributed by atoms with Gasteiger partial charge in [-0.05, 0) is 23.3 Å². The Bertz CT molecular complexity index is 833. The Hall–Kier alpha value is -1.93. The van der Waals surface area contributed by atoms with E-state index in [0.29, 0.717) is 5.75 Å². The van der Waals surface area contributed by atoms with Crippen LogP contribution in [0.2, 0.25) is 0 Å². The molecule has 7 heteroatoms. The van der Waals surface area contributed by atoms with Crippen LogP contribution in [0.5, 0.6) is 5.75 Å². The van der Waals surface area contributed by atoms with Crippen molar-refractivity contribution in [1.82, 2.24) is 9.62 Å². The minimum absolute atomic E-state index is 0.145. The number of rotatable bonds is 7. The van der Waals surface area contributed by atoms with Crippen LogP contribution < -0.4 is 9.46 Å². The lowest BCUT2D eigenvalue weighted by Gasteiger charge is -2.26. The second-order valence-electron chi connectivity index (χ2n) is 6.18. The van der Waals surface area contributed by atoms with Crippen molar-refractivity contribution in [3.05, 3.63) is 59.7 Å². The third kappa shape index (κ3) is 4.82. The quantitative estimate of drug-likeness (QED) is 0.801. The predicted octanol–water partition coefficient (Wildman–Crippen LogP) is 2.01. The van der Waals surface area contributed by atoms with Gasteiger partial charge in [0, 0.05) is 26.2 Å². The van der Waals surface area contributed by atoms with Crippen LogP contribution in [0.4, 0.5) is 0 Å². The number of para-hydroxylation sites is 1. The summed E-state index contributed by atoms with van der Waals surface area (Å²) in [6.07, 6.45) is 0. The summed E-state index contributed by atoms with van der Waals surface area (Å²) in [4.78, 5) is 2.48. The number of morpholine rings is 1. The molecule has 1 N–H and O–H groups in total. The second-order valence-corrected chi connectivity index (χ2v) is 7.92. The smallest absolute Gasteiger partial charge is 0.244 e. The maximum atomic E-state index is 12.6. The molecule has 140 valence electrons. The predicted molar refractivity (Wildman–Crippen MR) is 99.6 cm³/mol. The SMILES string of the molecule is COc1ccccc1S(=O)(=O)NCc1cccc(CN2CCOCC2)c1. The molecule has 2 aromatic carbocycles. The lowest BCUT2D eigenvalue weighted by Crippen LogP contribution is -2.35. The third-order valence-corrected chi connectivity index (χ3v) is 5.77. The molecular formula is C19H24N2O4S. The maximum Gasteiger partial charge on any atom is 0.244 e. The highest BCUT2D eigenvalue weighted by molar-refractivity contribution is 7.89. The minimum Gasteiger partial charge on any atom is -0.495 e. The van der Waals surface area contributed by atoms with Gasteiger partial charge in [0.15, 0.2) is 0 Å². The van der Waals surface area contributed by atoms with E-state index in [1.165, 1.54) is 18.7 Å². The van der Waals surface area contributed by atoms with Gasteiger partial charge in [-0.1, -0.05) is 36.4 Å². The van der Waals surface area contributed by atoms with Crippen molar-refractivity contribution in [2.45, 2.75) is 18.0 Å². The van der Waals surface area contributed by atoms with Gasteiger partial charge in [0.2, 0.25) is 10.0 Å². The van der Waals surface area contributed by atoms with Crippen LogP contribution in [0, 0.1) is 0 Å². The molecule has 1 fully saturated rings. The normalized spacial score (nSPS) is 15.7. The first-order chi connectivity index (χ1) is 12.6. The number of ether oxygens (including phenoxy) is 2. The zero-order chi connectivity index (χ0) is 18.4. The fraction of sp³-hybridized carbons (Fsp3) is 0.368. The number of sulfonamides is 1. The van der Waals surface area contributed by atoms with Crippen LogP contribution in [0.1, 0.15) is 11.1 Å². The van der Waals surface area contributed by atoms with Gasteiger partial charge in [0.1, 0.15) is 10.6 Å². The summed E-state index contributed by atoms with van der Waals surface area (Å²) in [6, 6.07) is 14.6. The first-order valence-corrected chi connectivity index (χ1v) is 10.1. The lowest BCUT2D eigenvalue weighted by atomic mass is 10.1. The number of benzene rings is 2. The van der Waals surface area contributed by atoms with Crippen molar-refractivity contribution in [2.75, 3.05) is 33.4 Å². The summed E-state index contributed by atoms with van der Waals surface area (Å²) >= 11 is 0. The molecule has 26 heavy (non-hydrogen) atoms. The summed E-state index contributed by atoms with van der Waals surface area (Å²) in [5, 5.41) is 0. The molecule has 0 saturated carbocycles. The van der Waals surface area contributed by atoms with Crippen molar-refractivity contribution in [3.8, 4) is 5.75 Å². The van der Waals surface area contributed by atoms with Crippen molar-refractivity contribution < 1.29 is 17.9 Å². The summed E-state index contributed by atoms with van der Waals surface area (Å²) in [5.41, 5.74) is 2.09. The van der Waals surface area contributed by atoms with Gasteiger partial charge in [-0.15, -0.1) is 0 Å². The van der Waals surface area contributed by atoms with E-state index in [9.17, 15) is 8.42 Å². The van der Waals surface area contributed by atoms with Crippen LogP contribution in [0.15, 0.2) is 53.4 Å². The monoisotopic (exact) mass is 376 g/mol. The van der Waals surface area contributed by atoms with Gasteiger partial charge < -0.3 is 9.47 Å². The van der Waals surface area contributed by atoms with Crippen molar-refractivity contribution in [3.63, 3.8) is 0 Å². The molecule has 2 aromatic rings. The van der Waals surface area contributed by atoms with Crippen molar-refractivity contribution in [2.24, 2.45) is 0 Å². The summed E-state index contributed by atoms with van der Waals surface area (Å²) in [5.74, 6) is 0.334. The highest BCUT2D eigenvalue weighted by Gasteiger charge is 2.18. The van der Waals surface area contributed by atoms with E-state index in [1.807, 2.05) is 18.2 Å². The van der Waals surface area contributed by atoms with Crippen molar-refractivity contribution >= 4 is 10.0 Å². The molecule has 0 spiro atoms. The molecule has 6 nitrogen and oxygen atoms in total. The Labute approximate surface area is 154 Å². The lowest BCUT2D eigenvalue weighted by molar-refractivity contribution is 0.0342. The summed E-state index contributed by atoms with van der Waals surface area (Å²) in [7, 11) is -2.18. The molecule has 1 aliphatic heterocycles. The van der Waals surface area contributed by atoms with Gasteiger partial charge in [0.05, 0.1) is 20.3 Å². The molecule has 0 radical (unpaired) electrons. The minimum atomic E-state index is -3.64. The molecule has 3 rings (SSSR count). The largest absolute Gasteiger partial charge is 0.495 e. The number of hydrogen-bond donors (Lipinski definition) is 1. The van der Waals surface area contributed by atoms with E-state index >= 15 is 0 Å². The Morgan fingerprint density at radius 2 is 1.81 bits per heavy atom. The molecule has 0 aliphatic carbocycles. The van der Waals surface area contributed by atoms with E-state index in [0.717, 1.165) is 38.4 Å². The second kappa shape index (κ2) is 8.64. The Morgan fingerprint density at radius 3 is 2.58 bits per heavy atom. The fourth-order valence-electron chi connectivity index (χ4n) is 2.95. The topological polar surface area (TPSA) is 67.9 Å². The molecule has 0 aromatic heterocycles. The molecule has 0 amide bonds. The van der Waals surface area contributed by atoms with Crippen LogP contribution in [-0.4, -0.2) is 46.7 Å². The highest BCUT2D eigenvalue weighted by atomic mass is 32.2. The van der Waals surface area contributed by atoms with E-state index in [-0.39, 0.29) is 11.4 Å². The maximum absolute atomic E-state index is 12.6. The summed E-state index contributed by atoms with van der Waals surface area (Å²) < 4.78 is 38.3. The fourth-order valence-corrected chi connectivity index (χ4v) is 4.14. The molecule has 0 unspecified atom stereocenters. The van der Waals surface area contributed by atoms with Gasteiger partial charge in [-0.2, -0.15) is 0 Å². The van der Waals surface area contributed by atoms with Crippen LogP contribution in [0.25, 0.3) is 0 Å². The standard InChI is InChI=1S/C19H24N2O4S/c1-24-18-7-2-3-8-19(18)26(22,23)20-14-16-5-4-6-17(13-16)15-21-9-11-25-12-10-21/h2-8,13,20H,9-12,14-15H2,1H3. The highest BCUT2D eigenvalue weighted by Crippen LogP contribution is 2.22. The third-order valence-electron chi connectivity index (χ3n) is 4.33. The zero-order valence-electron chi connectivity index (χ0n) is 14.8. The molecule has 0 atom stereocenters. The van der Waals surface area contributed by atoms with Gasteiger partial charge in [-0.3, -0.25) is 4.90 Å². The Morgan fingerprint density at radius 1 is 1.08 bits per heavy atom. The van der Waals surface area contributed by atoms with E-state index in [2.05, 4.69) is 15.7 Å². The van der Waals surface area contributed by atoms with E-state index < -0.39 is 10.0 Å². The number of methoxy groups -OCH3 is 1. The van der Waals surface area contributed by atoms with Crippen LogP contribution in [-0.2, 0) is 27.8 Å². The Balaban J connectivity index is 1.66. The van der Waals surface area contributed by atoms with Gasteiger partial charge in [0.25, 0.3) is 0 Å². The first kappa shape index (κ1) is 18.8. The number of nitrogens with one attached hydrogen (secondary N) is 1. The molecule has 0 bridgehead atoms. The first-order valence-electron chi connectivity index (χ1n) is 8.59. The molecule has 1 aliphatic rings. The van der Waals surface area contributed by atoms with E-state index in [4.69, 9.17) is 9.47 Å². The molecule has 1 saturated heterocycles. The average Bonchev–Trinajstić information content (AvgIpc) is 2.67. The average molecular weight is 376 g/mol. The number of nitrogens with zero attached hydrogens (tertiary/aromatic N) is 1. The van der Waals surface area contributed by atoms with Gasteiger partial charge in [-0.25, -0.2) is 13.1 Å². The van der Waals surface area contributed by atoms with Crippen LogP contribution in [0.3, 0.4) is 0 Å². The summed E-state index contributed by atoms with van der Waals surface area (Å²) in [6.45, 7) is 4.44. The van der Waals surface area contributed by atoms with Gasteiger partial charge >= 0.3 is 0 Å². The van der Waals surface area contributed by atoms with Crippen LogP contribution >= 0.6 is 0 Å². The molecule has 1 heterocycles. The Kier molecular flexibility index (Phi) is 6.26. The van der Waals surface area contributed by atoms with Crippen molar-refractivity contribution in [1.29, 1.82) is 0 Å². The molecular weight excluding hydrogens is 352 g/mol. The van der Waals surface area contributed by atoms with E-state index in [1.54, 1.807) is 18.2 Å². The zero-order valence-corrected chi connectivity index (χ0v) is 15.7.